The van der Waals surface area contributed by atoms with Crippen molar-refractivity contribution in [1.82, 2.24) is 5.32 Å². The molecular weight excluding hydrogens is 318 g/mol. The molecule has 5 nitrogen and oxygen atoms in total. The van der Waals surface area contributed by atoms with E-state index in [4.69, 9.17) is 9.15 Å². The third-order valence-electron chi connectivity index (χ3n) is 3.79. The maximum atomic E-state index is 12.8. The molecule has 25 heavy (non-hydrogen) atoms. The number of amides is 1. The zero-order valence-corrected chi connectivity index (χ0v) is 14.5. The van der Waals surface area contributed by atoms with Crippen LogP contribution in [0.4, 0.5) is 4.79 Å². The van der Waals surface area contributed by atoms with Crippen LogP contribution < -0.4 is 5.32 Å². The van der Waals surface area contributed by atoms with Crippen LogP contribution in [0, 0.1) is 0 Å². The molecule has 1 heterocycles. The van der Waals surface area contributed by atoms with Gasteiger partial charge in [0.25, 0.3) is 0 Å². The van der Waals surface area contributed by atoms with Crippen molar-refractivity contribution in [2.75, 3.05) is 7.11 Å². The van der Waals surface area contributed by atoms with Crippen LogP contribution in [0.5, 0.6) is 0 Å². The minimum absolute atomic E-state index is 0.0245. The summed E-state index contributed by atoms with van der Waals surface area (Å²) in [5.74, 6) is 0.459. The first kappa shape index (κ1) is 18.5. The van der Waals surface area contributed by atoms with Crippen molar-refractivity contribution in [1.29, 1.82) is 0 Å². The highest BCUT2D eigenvalue weighted by atomic mass is 16.5. The lowest BCUT2D eigenvalue weighted by atomic mass is 9.95. The summed E-state index contributed by atoms with van der Waals surface area (Å²) in [6.07, 6.45) is 4.80. The second-order valence-electron chi connectivity index (χ2n) is 5.62. The normalized spacial score (nSPS) is 12.5. The molecule has 1 amide bonds. The third kappa shape index (κ3) is 5.35. The molecule has 0 radical (unpaired) electrons. The minimum Gasteiger partial charge on any atom is -0.467 e. The van der Waals surface area contributed by atoms with Crippen LogP contribution in [-0.4, -0.2) is 19.0 Å². The van der Waals surface area contributed by atoms with E-state index in [0.29, 0.717) is 17.8 Å². The summed E-state index contributed by atoms with van der Waals surface area (Å²) in [5.41, 5.74) is 1.35. The van der Waals surface area contributed by atoms with Gasteiger partial charge in [0.15, 0.2) is 5.78 Å². The lowest BCUT2D eigenvalue weighted by Crippen LogP contribution is -2.31. The average molecular weight is 341 g/mol. The Hall–Kier alpha value is -2.82. The van der Waals surface area contributed by atoms with E-state index in [-0.39, 0.29) is 5.78 Å². The van der Waals surface area contributed by atoms with Crippen molar-refractivity contribution >= 4 is 18.0 Å². The van der Waals surface area contributed by atoms with Gasteiger partial charge in [-0.05, 0) is 30.2 Å². The maximum Gasteiger partial charge on any atom is 0.407 e. The van der Waals surface area contributed by atoms with E-state index < -0.39 is 12.1 Å². The molecule has 0 spiro atoms. The molecule has 1 N–H and O–H groups in total. The van der Waals surface area contributed by atoms with Gasteiger partial charge in [0.1, 0.15) is 11.8 Å². The van der Waals surface area contributed by atoms with Crippen LogP contribution in [-0.2, 0) is 9.53 Å². The number of alkyl carbamates (subject to hydrolysis) is 1. The summed E-state index contributed by atoms with van der Waals surface area (Å²) in [6, 6.07) is 12.3. The number of unbranched alkanes of at least 4 members (excludes halogenated alkanes) is 1. The average Bonchev–Trinajstić information content (AvgIpc) is 3.17. The molecule has 1 aromatic carbocycles. The van der Waals surface area contributed by atoms with Crippen LogP contribution >= 0.6 is 0 Å². The summed E-state index contributed by atoms with van der Waals surface area (Å²) in [7, 11) is 1.29. The standard InChI is InChI=1S/C20H23NO4/c1-3-4-11-17(22)16(14-15-9-6-5-7-10-15)19(21-20(23)24-2)18-12-8-13-25-18/h5-10,12-14,19H,3-4,11H2,1-2H3,(H,21,23)/b16-14-. The second kappa shape index (κ2) is 9.47. The Balaban J connectivity index is 2.43. The van der Waals surface area contributed by atoms with Crippen molar-refractivity contribution in [2.45, 2.75) is 32.2 Å². The maximum absolute atomic E-state index is 12.8. The number of benzene rings is 1. The molecule has 0 aliphatic rings. The van der Waals surface area contributed by atoms with Crippen molar-refractivity contribution in [3.63, 3.8) is 0 Å². The van der Waals surface area contributed by atoms with Gasteiger partial charge in [0.05, 0.1) is 13.4 Å². The largest absolute Gasteiger partial charge is 0.467 e. The minimum atomic E-state index is -0.702. The molecule has 1 atom stereocenters. The Bertz CT molecular complexity index is 705. The molecule has 0 aliphatic heterocycles. The zero-order chi connectivity index (χ0) is 18.1. The Labute approximate surface area is 147 Å². The van der Waals surface area contributed by atoms with Crippen LogP contribution in [0.3, 0.4) is 0 Å². The van der Waals surface area contributed by atoms with E-state index in [1.165, 1.54) is 13.4 Å². The first-order valence-electron chi connectivity index (χ1n) is 8.33. The number of ketones is 1. The molecule has 5 heteroatoms. The zero-order valence-electron chi connectivity index (χ0n) is 14.5. The lowest BCUT2D eigenvalue weighted by molar-refractivity contribution is -0.116. The predicted octanol–water partition coefficient (Wildman–Crippen LogP) is 4.52. The Kier molecular flexibility index (Phi) is 7.01. The van der Waals surface area contributed by atoms with Crippen LogP contribution in [0.15, 0.2) is 58.7 Å². The molecule has 0 saturated heterocycles. The van der Waals surface area contributed by atoms with E-state index in [2.05, 4.69) is 5.32 Å². The topological polar surface area (TPSA) is 68.5 Å². The summed E-state index contributed by atoms with van der Waals surface area (Å²) >= 11 is 0. The van der Waals surface area contributed by atoms with Gasteiger partial charge in [-0.15, -0.1) is 0 Å². The van der Waals surface area contributed by atoms with Crippen LogP contribution in [0.2, 0.25) is 0 Å². The third-order valence-corrected chi connectivity index (χ3v) is 3.79. The van der Waals surface area contributed by atoms with E-state index in [1.54, 1.807) is 18.2 Å². The number of carbonyl (C=O) groups is 2. The smallest absolute Gasteiger partial charge is 0.407 e. The molecule has 0 saturated carbocycles. The van der Waals surface area contributed by atoms with Crippen molar-refractivity contribution < 1.29 is 18.7 Å². The molecule has 2 rings (SSSR count). The number of Topliss-reactive ketones (excluding diaryl/α,β-unsaturated/α-hetero) is 1. The number of hydrogen-bond donors (Lipinski definition) is 1. The number of carbonyl (C=O) groups excluding carboxylic acids is 2. The number of rotatable bonds is 8. The Morgan fingerprint density at radius 3 is 2.56 bits per heavy atom. The summed E-state index contributed by atoms with van der Waals surface area (Å²) in [4.78, 5) is 24.6. The van der Waals surface area contributed by atoms with Gasteiger partial charge >= 0.3 is 6.09 Å². The quantitative estimate of drug-likeness (QED) is 0.717. The molecule has 0 fully saturated rings. The molecule has 0 aliphatic carbocycles. The summed E-state index contributed by atoms with van der Waals surface area (Å²) < 4.78 is 10.2. The highest BCUT2D eigenvalue weighted by Crippen LogP contribution is 2.27. The van der Waals surface area contributed by atoms with E-state index in [9.17, 15) is 9.59 Å². The molecule has 0 bridgehead atoms. The van der Waals surface area contributed by atoms with Gasteiger partial charge in [0, 0.05) is 12.0 Å². The molecule has 132 valence electrons. The number of nitrogens with one attached hydrogen (secondary N) is 1. The molecular formula is C20H23NO4. The summed E-state index contributed by atoms with van der Waals surface area (Å²) in [5, 5.41) is 2.70. The molecule has 2 aromatic rings. The highest BCUT2D eigenvalue weighted by molar-refractivity contribution is 6.01. The Morgan fingerprint density at radius 2 is 1.96 bits per heavy atom. The number of methoxy groups -OCH3 is 1. The van der Waals surface area contributed by atoms with Gasteiger partial charge < -0.3 is 14.5 Å². The fourth-order valence-corrected chi connectivity index (χ4v) is 2.47. The molecule has 1 unspecified atom stereocenters. The number of furan rings is 1. The van der Waals surface area contributed by atoms with Crippen LogP contribution in [0.25, 0.3) is 6.08 Å². The highest BCUT2D eigenvalue weighted by Gasteiger charge is 2.26. The van der Waals surface area contributed by atoms with Gasteiger partial charge in [0.2, 0.25) is 0 Å². The lowest BCUT2D eigenvalue weighted by Gasteiger charge is -2.19. The van der Waals surface area contributed by atoms with E-state index in [1.807, 2.05) is 37.3 Å². The fourth-order valence-electron chi connectivity index (χ4n) is 2.47. The van der Waals surface area contributed by atoms with Crippen molar-refractivity contribution in [2.24, 2.45) is 0 Å². The predicted molar refractivity (Wildman–Crippen MR) is 95.9 cm³/mol. The van der Waals surface area contributed by atoms with Gasteiger partial charge in [-0.1, -0.05) is 43.7 Å². The SMILES string of the molecule is CCCCC(=O)/C(=C/c1ccccc1)C(NC(=O)OC)c1ccco1. The first-order chi connectivity index (χ1) is 12.2. The van der Waals surface area contributed by atoms with E-state index >= 15 is 0 Å². The fraction of sp³-hybridized carbons (Fsp3) is 0.300. The number of hydrogen-bond acceptors (Lipinski definition) is 4. The monoisotopic (exact) mass is 341 g/mol. The van der Waals surface area contributed by atoms with Crippen molar-refractivity contribution in [3.8, 4) is 0 Å². The Morgan fingerprint density at radius 1 is 1.20 bits per heavy atom. The summed E-state index contributed by atoms with van der Waals surface area (Å²) in [6.45, 7) is 2.03. The second-order valence-corrected chi connectivity index (χ2v) is 5.62. The number of ether oxygens (including phenoxy) is 1. The van der Waals surface area contributed by atoms with E-state index in [0.717, 1.165) is 18.4 Å². The van der Waals surface area contributed by atoms with Gasteiger partial charge in [-0.3, -0.25) is 4.79 Å². The first-order valence-corrected chi connectivity index (χ1v) is 8.33. The van der Waals surface area contributed by atoms with Gasteiger partial charge in [-0.25, -0.2) is 4.79 Å². The molecule has 1 aromatic heterocycles. The van der Waals surface area contributed by atoms with Crippen molar-refractivity contribution in [3.05, 3.63) is 65.6 Å². The van der Waals surface area contributed by atoms with Gasteiger partial charge in [-0.2, -0.15) is 0 Å². The van der Waals surface area contributed by atoms with Crippen LogP contribution in [0.1, 0.15) is 43.6 Å².